The summed E-state index contributed by atoms with van der Waals surface area (Å²) in [7, 11) is 5.75. The number of nitro groups is 1. The number of amides is 1. The van der Waals surface area contributed by atoms with Crippen molar-refractivity contribution in [3.8, 4) is 0 Å². The maximum atomic E-state index is 13.4. The van der Waals surface area contributed by atoms with Crippen LogP contribution in [0.25, 0.3) is 5.57 Å². The molecule has 3 aromatic rings. The van der Waals surface area contributed by atoms with E-state index in [0.29, 0.717) is 53.8 Å². The van der Waals surface area contributed by atoms with Crippen molar-refractivity contribution in [1.82, 2.24) is 5.32 Å². The molecule has 0 spiro atoms. The highest BCUT2D eigenvalue weighted by molar-refractivity contribution is 9.10. The lowest BCUT2D eigenvalue weighted by Crippen LogP contribution is -2.50. The minimum atomic E-state index is -2.26. The second-order valence-electron chi connectivity index (χ2n) is 13.9. The van der Waals surface area contributed by atoms with Crippen LogP contribution in [0.15, 0.2) is 88.1 Å². The van der Waals surface area contributed by atoms with Gasteiger partial charge in [0.05, 0.1) is 30.7 Å². The monoisotopic (exact) mass is 800 g/mol. The van der Waals surface area contributed by atoms with Crippen LogP contribution in [0.3, 0.4) is 0 Å². The SMILES string of the molecule is CN(C)c1ccc2c(c1)[Si](C)(C)C1=CC(=[N+](C)C)C=CC1=C2c1cc(C(=O)NCCOCCOCCCc2ccc(Br)cc2[N+](=O)[O-])ccc1C(=O)[O-]. The highest BCUT2D eigenvalue weighted by Gasteiger charge is 2.41. The lowest BCUT2D eigenvalue weighted by Gasteiger charge is -2.38. The molecule has 0 aromatic heterocycles. The van der Waals surface area contributed by atoms with Crippen molar-refractivity contribution in [2.45, 2.75) is 25.9 Å². The highest BCUT2D eigenvalue weighted by Crippen LogP contribution is 2.43. The zero-order valence-electron chi connectivity index (χ0n) is 31.0. The number of carboxylic acids is 1. The van der Waals surface area contributed by atoms with Crippen molar-refractivity contribution in [3.63, 3.8) is 0 Å². The molecular weight excluding hydrogens is 756 g/mol. The Morgan fingerprint density at radius 2 is 1.66 bits per heavy atom. The predicted molar refractivity (Wildman–Crippen MR) is 212 cm³/mol. The minimum Gasteiger partial charge on any atom is -0.545 e. The van der Waals surface area contributed by atoms with E-state index in [0.717, 1.165) is 28.1 Å². The van der Waals surface area contributed by atoms with E-state index in [1.807, 2.05) is 40.3 Å². The van der Waals surface area contributed by atoms with Gasteiger partial charge in [-0.15, -0.1) is 0 Å². The molecule has 13 heteroatoms. The summed E-state index contributed by atoms with van der Waals surface area (Å²) in [6.45, 7) is 6.23. The van der Waals surface area contributed by atoms with Crippen LogP contribution in [-0.4, -0.2) is 96.3 Å². The number of hydrogen-bond donors (Lipinski definition) is 1. The van der Waals surface area contributed by atoms with Gasteiger partial charge in [-0.25, -0.2) is 4.58 Å². The first kappa shape index (κ1) is 39.5. The minimum absolute atomic E-state index is 0.0154. The standard InChI is InChI=1S/C40H45BrN4O7Si/c1-43(2)29-12-15-32-36(24-29)53(5,6)37-25-30(44(3)4)13-16-33(37)38(32)34-22-27(10-14-31(34)40(47)48)39(46)42-17-19-52-21-20-51-18-7-8-26-9-11-28(41)23-35(26)45(49)50/h9-16,22-25H,7-8,17-21H2,1-6H3,(H-,42,46,47,48). The molecule has 3 aromatic carbocycles. The van der Waals surface area contributed by atoms with E-state index in [1.165, 1.54) is 28.6 Å². The van der Waals surface area contributed by atoms with Crippen molar-refractivity contribution in [3.05, 3.63) is 126 Å². The van der Waals surface area contributed by atoms with Gasteiger partial charge in [0.15, 0.2) is 5.71 Å². The Morgan fingerprint density at radius 1 is 0.925 bits per heavy atom. The summed E-state index contributed by atoms with van der Waals surface area (Å²) in [5.74, 6) is -1.67. The van der Waals surface area contributed by atoms with Gasteiger partial charge in [-0.1, -0.05) is 47.2 Å². The molecule has 1 N–H and O–H groups in total. The van der Waals surface area contributed by atoms with Gasteiger partial charge in [0.2, 0.25) is 0 Å². The number of aryl methyl sites for hydroxylation is 1. The average Bonchev–Trinajstić information content (AvgIpc) is 3.12. The Bertz CT molecular complexity index is 2070. The van der Waals surface area contributed by atoms with E-state index in [9.17, 15) is 24.8 Å². The number of carbonyl (C=O) groups is 2. The normalized spacial score (nSPS) is 14.3. The quantitative estimate of drug-likeness (QED) is 0.0771. The fourth-order valence-corrected chi connectivity index (χ4v) is 10.1. The third-order valence-corrected chi connectivity index (χ3v) is 13.6. The number of halogens is 1. The van der Waals surface area contributed by atoms with Gasteiger partial charge >= 0.3 is 0 Å². The van der Waals surface area contributed by atoms with E-state index in [4.69, 9.17) is 9.47 Å². The first-order valence-electron chi connectivity index (χ1n) is 17.4. The topological polar surface area (TPSA) is 137 Å². The fraction of sp³-hybridized carbons (Fsp3) is 0.325. The number of hydrogen-bond acceptors (Lipinski definition) is 8. The number of aromatic carboxylic acids is 1. The highest BCUT2D eigenvalue weighted by atomic mass is 79.9. The molecule has 0 saturated carbocycles. The second-order valence-corrected chi connectivity index (χ2v) is 19.2. The van der Waals surface area contributed by atoms with Crippen molar-refractivity contribution in [2.24, 2.45) is 0 Å². The van der Waals surface area contributed by atoms with Gasteiger partial charge in [-0.05, 0) is 81.9 Å². The molecule has 0 atom stereocenters. The van der Waals surface area contributed by atoms with Gasteiger partial charge in [-0.2, -0.15) is 0 Å². The number of allylic oxidation sites excluding steroid dienone is 5. The maximum absolute atomic E-state index is 13.4. The van der Waals surface area contributed by atoms with Crippen LogP contribution >= 0.6 is 15.9 Å². The number of fused-ring (bicyclic) bond motifs is 2. The number of rotatable bonds is 15. The van der Waals surface area contributed by atoms with Gasteiger partial charge in [0.25, 0.3) is 11.6 Å². The molecule has 0 saturated heterocycles. The van der Waals surface area contributed by atoms with Crippen LogP contribution in [0, 0.1) is 10.1 Å². The molecule has 2 aliphatic rings. The number of nitro benzene ring substituents is 1. The van der Waals surface area contributed by atoms with E-state index in [1.54, 1.807) is 18.2 Å². The molecule has 0 bridgehead atoms. The van der Waals surface area contributed by atoms with E-state index in [-0.39, 0.29) is 35.2 Å². The summed E-state index contributed by atoms with van der Waals surface area (Å²) in [5.41, 5.74) is 6.32. The van der Waals surface area contributed by atoms with Crippen molar-refractivity contribution in [1.29, 1.82) is 0 Å². The molecule has 0 fully saturated rings. The van der Waals surface area contributed by atoms with Gasteiger partial charge < -0.3 is 29.6 Å². The largest absolute Gasteiger partial charge is 0.545 e. The molecule has 1 heterocycles. The molecule has 1 aliphatic carbocycles. The van der Waals surface area contributed by atoms with Gasteiger partial charge in [-0.3, -0.25) is 14.9 Å². The third-order valence-electron chi connectivity index (χ3n) is 9.58. The number of carbonyl (C=O) groups excluding carboxylic acids is 2. The lowest BCUT2D eigenvalue weighted by atomic mass is 9.86. The summed E-state index contributed by atoms with van der Waals surface area (Å²) in [6.07, 6.45) is 7.47. The van der Waals surface area contributed by atoms with Crippen LogP contribution in [0.2, 0.25) is 13.1 Å². The molecule has 278 valence electrons. The second kappa shape index (κ2) is 17.0. The predicted octanol–water partition coefficient (Wildman–Crippen LogP) is 4.66. The Hall–Kier alpha value is -4.69. The molecule has 53 heavy (non-hydrogen) atoms. The number of nitrogens with zero attached hydrogens (tertiary/aromatic N) is 3. The first-order valence-corrected chi connectivity index (χ1v) is 21.2. The Kier molecular flexibility index (Phi) is 12.7. The van der Waals surface area contributed by atoms with E-state index < -0.39 is 14.0 Å². The number of anilines is 1. The maximum Gasteiger partial charge on any atom is 0.273 e. The van der Waals surface area contributed by atoms with Gasteiger partial charge in [0, 0.05) is 72.3 Å². The molecular formula is C40H45BrN4O7Si. The molecule has 1 amide bonds. The Labute approximate surface area is 319 Å². The summed E-state index contributed by atoms with van der Waals surface area (Å²) >= 11 is 3.27. The van der Waals surface area contributed by atoms with Crippen LogP contribution in [-0.2, 0) is 15.9 Å². The first-order chi connectivity index (χ1) is 25.2. The van der Waals surface area contributed by atoms with Crippen LogP contribution in [0.1, 0.15) is 43.8 Å². The lowest BCUT2D eigenvalue weighted by molar-refractivity contribution is -0.462. The van der Waals surface area contributed by atoms with Crippen LogP contribution in [0.4, 0.5) is 11.4 Å². The van der Waals surface area contributed by atoms with Crippen molar-refractivity contribution < 1.29 is 33.7 Å². The van der Waals surface area contributed by atoms with Crippen LogP contribution < -0.4 is 20.5 Å². The van der Waals surface area contributed by atoms with E-state index in [2.05, 4.69) is 68.1 Å². The zero-order valence-corrected chi connectivity index (χ0v) is 33.5. The summed E-state index contributed by atoms with van der Waals surface area (Å²) in [6, 6.07) is 16.0. The molecule has 0 radical (unpaired) electrons. The zero-order chi connectivity index (χ0) is 38.4. The molecule has 0 unspecified atom stereocenters. The fourth-order valence-electron chi connectivity index (χ4n) is 6.69. The Balaban J connectivity index is 1.26. The average molecular weight is 802 g/mol. The summed E-state index contributed by atoms with van der Waals surface area (Å²) in [5, 5.41) is 29.1. The number of benzene rings is 3. The molecule has 11 nitrogen and oxygen atoms in total. The van der Waals surface area contributed by atoms with Gasteiger partial charge in [0.1, 0.15) is 22.2 Å². The molecule has 1 aliphatic heterocycles. The van der Waals surface area contributed by atoms with Crippen molar-refractivity contribution >= 4 is 63.7 Å². The smallest absolute Gasteiger partial charge is 0.273 e. The summed E-state index contributed by atoms with van der Waals surface area (Å²) in [4.78, 5) is 39.0. The number of ether oxygens (including phenoxy) is 2. The number of carboxylic acid groups (broad SMARTS) is 1. The number of nitrogens with one attached hydrogen (secondary N) is 1. The third kappa shape index (κ3) is 8.93. The summed E-state index contributed by atoms with van der Waals surface area (Å²) < 4.78 is 14.0. The Morgan fingerprint density at radius 3 is 2.34 bits per heavy atom. The van der Waals surface area contributed by atoms with Crippen LogP contribution in [0.5, 0.6) is 0 Å². The molecule has 5 rings (SSSR count). The van der Waals surface area contributed by atoms with Crippen molar-refractivity contribution in [2.75, 3.05) is 66.1 Å². The van der Waals surface area contributed by atoms with E-state index >= 15 is 0 Å².